The summed E-state index contributed by atoms with van der Waals surface area (Å²) in [6, 6.07) is 8.34. The Morgan fingerprint density at radius 2 is 2.05 bits per heavy atom. The van der Waals surface area contributed by atoms with Gasteiger partial charge in [-0.05, 0) is 18.1 Å². The van der Waals surface area contributed by atoms with Crippen LogP contribution in [0.3, 0.4) is 0 Å². The molecule has 2 aromatic heterocycles. The molecule has 1 aliphatic rings. The summed E-state index contributed by atoms with van der Waals surface area (Å²) in [5.41, 5.74) is 3.19. The standard InChI is InChI=1S/C14H12N4O/c1-9-15-11(8-19-9)14-17-16-13-7-6-10-4-2-3-5-12(10)18(13)14/h2-5,8H,6-7H2,1H3. The van der Waals surface area contributed by atoms with Crippen LogP contribution in [0.5, 0.6) is 0 Å². The van der Waals surface area contributed by atoms with Gasteiger partial charge in [-0.25, -0.2) is 4.98 Å². The second-order valence-electron chi connectivity index (χ2n) is 4.66. The minimum Gasteiger partial charge on any atom is -0.449 e. The van der Waals surface area contributed by atoms with Gasteiger partial charge in [0.05, 0.1) is 5.69 Å². The van der Waals surface area contributed by atoms with Crippen molar-refractivity contribution in [1.29, 1.82) is 0 Å². The zero-order chi connectivity index (χ0) is 12.8. The van der Waals surface area contributed by atoms with E-state index in [4.69, 9.17) is 4.42 Å². The number of hydrogen-bond acceptors (Lipinski definition) is 4. The fourth-order valence-electron chi connectivity index (χ4n) is 2.55. The SMILES string of the molecule is Cc1nc(-c2nnc3n2-c2ccccc2CC3)co1. The molecule has 1 aromatic carbocycles. The van der Waals surface area contributed by atoms with Crippen LogP contribution in [0.2, 0.25) is 0 Å². The van der Waals surface area contributed by atoms with Gasteiger partial charge in [0, 0.05) is 13.3 Å². The van der Waals surface area contributed by atoms with Gasteiger partial charge in [0.1, 0.15) is 17.8 Å². The van der Waals surface area contributed by atoms with Crippen molar-refractivity contribution in [2.75, 3.05) is 0 Å². The van der Waals surface area contributed by atoms with Crippen LogP contribution >= 0.6 is 0 Å². The van der Waals surface area contributed by atoms with Crippen LogP contribution in [0, 0.1) is 6.92 Å². The lowest BCUT2D eigenvalue weighted by molar-refractivity contribution is 0.521. The van der Waals surface area contributed by atoms with E-state index in [0.29, 0.717) is 5.89 Å². The van der Waals surface area contributed by atoms with Gasteiger partial charge >= 0.3 is 0 Å². The Balaban J connectivity index is 1.97. The van der Waals surface area contributed by atoms with Crippen molar-refractivity contribution < 1.29 is 4.42 Å². The maximum absolute atomic E-state index is 5.28. The summed E-state index contributed by atoms with van der Waals surface area (Å²) in [5, 5.41) is 8.54. The Labute approximate surface area is 109 Å². The molecule has 4 rings (SSSR count). The van der Waals surface area contributed by atoms with E-state index in [-0.39, 0.29) is 0 Å². The predicted octanol–water partition coefficient (Wildman–Crippen LogP) is 2.33. The quantitative estimate of drug-likeness (QED) is 0.667. The Hall–Kier alpha value is -2.43. The summed E-state index contributed by atoms with van der Waals surface area (Å²) in [4.78, 5) is 4.34. The van der Waals surface area contributed by atoms with Crippen molar-refractivity contribution in [2.45, 2.75) is 19.8 Å². The van der Waals surface area contributed by atoms with E-state index in [1.807, 2.05) is 13.0 Å². The van der Waals surface area contributed by atoms with Crippen molar-refractivity contribution in [3.63, 3.8) is 0 Å². The lowest BCUT2D eigenvalue weighted by atomic mass is 10.0. The molecule has 0 radical (unpaired) electrons. The van der Waals surface area contributed by atoms with Crippen LogP contribution in [0.4, 0.5) is 0 Å². The number of para-hydroxylation sites is 1. The molecule has 0 unspecified atom stereocenters. The molecule has 0 N–H and O–H groups in total. The summed E-state index contributed by atoms with van der Waals surface area (Å²) in [6.45, 7) is 1.82. The second kappa shape index (κ2) is 3.78. The van der Waals surface area contributed by atoms with Crippen molar-refractivity contribution >= 4 is 0 Å². The smallest absolute Gasteiger partial charge is 0.191 e. The molecule has 5 nitrogen and oxygen atoms in total. The summed E-state index contributed by atoms with van der Waals surface area (Å²) in [5.74, 6) is 2.37. The molecule has 19 heavy (non-hydrogen) atoms. The fourth-order valence-corrected chi connectivity index (χ4v) is 2.55. The van der Waals surface area contributed by atoms with E-state index >= 15 is 0 Å². The van der Waals surface area contributed by atoms with Crippen LogP contribution in [-0.2, 0) is 12.8 Å². The normalized spacial score (nSPS) is 13.1. The van der Waals surface area contributed by atoms with Crippen molar-refractivity contribution in [1.82, 2.24) is 19.7 Å². The largest absolute Gasteiger partial charge is 0.449 e. The molecule has 0 aliphatic carbocycles. The Bertz CT molecular complexity index is 756. The van der Waals surface area contributed by atoms with E-state index in [2.05, 4.69) is 37.9 Å². The Morgan fingerprint density at radius 1 is 1.16 bits per heavy atom. The van der Waals surface area contributed by atoms with Crippen molar-refractivity contribution in [2.24, 2.45) is 0 Å². The number of rotatable bonds is 1. The maximum atomic E-state index is 5.28. The first-order chi connectivity index (χ1) is 9.33. The van der Waals surface area contributed by atoms with Crippen LogP contribution in [0.25, 0.3) is 17.2 Å². The molecule has 0 fully saturated rings. The number of nitrogens with zero attached hydrogens (tertiary/aromatic N) is 4. The number of aromatic nitrogens is 4. The molecule has 1 aliphatic heterocycles. The van der Waals surface area contributed by atoms with Gasteiger partial charge in [0.15, 0.2) is 11.7 Å². The zero-order valence-electron chi connectivity index (χ0n) is 10.5. The average molecular weight is 252 g/mol. The molecule has 3 heterocycles. The highest BCUT2D eigenvalue weighted by Gasteiger charge is 2.23. The van der Waals surface area contributed by atoms with Crippen LogP contribution in [0.1, 0.15) is 17.3 Å². The molecule has 0 saturated heterocycles. The Morgan fingerprint density at radius 3 is 2.89 bits per heavy atom. The first-order valence-corrected chi connectivity index (χ1v) is 6.28. The molecular weight excluding hydrogens is 240 g/mol. The molecule has 0 amide bonds. The molecule has 94 valence electrons. The first-order valence-electron chi connectivity index (χ1n) is 6.28. The molecule has 0 saturated carbocycles. The van der Waals surface area contributed by atoms with Crippen LogP contribution in [0.15, 0.2) is 34.9 Å². The summed E-state index contributed by atoms with van der Waals surface area (Å²) >= 11 is 0. The maximum Gasteiger partial charge on any atom is 0.191 e. The van der Waals surface area contributed by atoms with E-state index in [1.165, 1.54) is 5.56 Å². The molecular formula is C14H12N4O. The summed E-state index contributed by atoms with van der Waals surface area (Å²) in [6.07, 6.45) is 3.54. The molecule has 0 bridgehead atoms. The third-order valence-corrected chi connectivity index (χ3v) is 3.43. The third-order valence-electron chi connectivity index (χ3n) is 3.43. The van der Waals surface area contributed by atoms with Crippen LogP contribution < -0.4 is 0 Å². The van der Waals surface area contributed by atoms with Gasteiger partial charge in [0.25, 0.3) is 0 Å². The highest BCUT2D eigenvalue weighted by atomic mass is 16.3. The van der Waals surface area contributed by atoms with E-state index in [1.54, 1.807) is 6.26 Å². The minimum absolute atomic E-state index is 0.636. The van der Waals surface area contributed by atoms with Gasteiger partial charge < -0.3 is 4.42 Å². The molecule has 3 aromatic rings. The van der Waals surface area contributed by atoms with Gasteiger partial charge in [-0.2, -0.15) is 0 Å². The summed E-state index contributed by atoms with van der Waals surface area (Å²) in [7, 11) is 0. The third kappa shape index (κ3) is 1.51. The molecule has 0 atom stereocenters. The topological polar surface area (TPSA) is 56.7 Å². The highest BCUT2D eigenvalue weighted by molar-refractivity contribution is 5.56. The fraction of sp³-hybridized carbons (Fsp3) is 0.214. The molecule has 0 spiro atoms. The number of fused-ring (bicyclic) bond motifs is 3. The highest BCUT2D eigenvalue weighted by Crippen LogP contribution is 2.28. The lowest BCUT2D eigenvalue weighted by Crippen LogP contribution is -2.13. The second-order valence-corrected chi connectivity index (χ2v) is 4.66. The van der Waals surface area contributed by atoms with E-state index < -0.39 is 0 Å². The van der Waals surface area contributed by atoms with Crippen molar-refractivity contribution in [3.05, 3.63) is 47.8 Å². The zero-order valence-corrected chi connectivity index (χ0v) is 10.5. The number of benzene rings is 1. The number of aryl methyl sites for hydroxylation is 3. The van der Waals surface area contributed by atoms with Crippen LogP contribution in [-0.4, -0.2) is 19.7 Å². The van der Waals surface area contributed by atoms with Gasteiger partial charge in [0.2, 0.25) is 0 Å². The monoisotopic (exact) mass is 252 g/mol. The first kappa shape index (κ1) is 10.5. The minimum atomic E-state index is 0.636. The van der Waals surface area contributed by atoms with Crippen molar-refractivity contribution in [3.8, 4) is 17.2 Å². The number of hydrogen-bond donors (Lipinski definition) is 0. The number of oxazole rings is 1. The van der Waals surface area contributed by atoms with E-state index in [9.17, 15) is 0 Å². The average Bonchev–Trinajstić information content (AvgIpc) is 3.04. The lowest BCUT2D eigenvalue weighted by Gasteiger charge is -2.18. The summed E-state index contributed by atoms with van der Waals surface area (Å²) < 4.78 is 7.35. The Kier molecular flexibility index (Phi) is 2.09. The van der Waals surface area contributed by atoms with Gasteiger partial charge in [-0.15, -0.1) is 10.2 Å². The van der Waals surface area contributed by atoms with Gasteiger partial charge in [-0.1, -0.05) is 18.2 Å². The van der Waals surface area contributed by atoms with E-state index in [0.717, 1.165) is 35.9 Å². The van der Waals surface area contributed by atoms with Gasteiger partial charge in [-0.3, -0.25) is 4.57 Å². The predicted molar refractivity (Wildman–Crippen MR) is 69.0 cm³/mol. The molecule has 5 heteroatoms.